The van der Waals surface area contributed by atoms with E-state index in [9.17, 15) is 0 Å². The van der Waals surface area contributed by atoms with Crippen LogP contribution in [0, 0.1) is 0 Å². The van der Waals surface area contributed by atoms with Crippen molar-refractivity contribution in [2.75, 3.05) is 0 Å². The summed E-state index contributed by atoms with van der Waals surface area (Å²) in [5.41, 5.74) is 4.41. The molecule has 1 unspecified atom stereocenters. The van der Waals surface area contributed by atoms with Crippen LogP contribution in [-0.4, -0.2) is 9.55 Å². The zero-order valence-electron chi connectivity index (χ0n) is 13.8. The zero-order chi connectivity index (χ0) is 17.6. The van der Waals surface area contributed by atoms with Crippen LogP contribution in [0.15, 0.2) is 82.9 Å². The summed E-state index contributed by atoms with van der Waals surface area (Å²) in [7, 11) is 0. The maximum atomic E-state index is 6.78. The van der Waals surface area contributed by atoms with Gasteiger partial charge in [-0.3, -0.25) is 0 Å². The quantitative estimate of drug-likeness (QED) is 0.412. The van der Waals surface area contributed by atoms with Gasteiger partial charge in [0.15, 0.2) is 0 Å². The number of halogens is 1. The summed E-state index contributed by atoms with van der Waals surface area (Å²) in [4.78, 5) is 4.37. The minimum absolute atomic E-state index is 0.524. The molecule has 4 aromatic rings. The fourth-order valence-electron chi connectivity index (χ4n) is 3.88. The summed E-state index contributed by atoms with van der Waals surface area (Å²) in [5.74, 6) is 0.949. The van der Waals surface area contributed by atoms with Crippen molar-refractivity contribution in [2.45, 2.75) is 15.5 Å². The number of benzene rings is 2. The molecule has 0 aliphatic carbocycles. The molecule has 0 amide bonds. The Balaban J connectivity index is 1.99. The molecule has 0 spiro atoms. The van der Waals surface area contributed by atoms with Gasteiger partial charge in [0.25, 0.3) is 0 Å². The van der Waals surface area contributed by atoms with Crippen molar-refractivity contribution in [3.8, 4) is 0 Å². The molecule has 3 heterocycles. The average molecular weight is 395 g/mol. The van der Waals surface area contributed by atoms with Gasteiger partial charge in [0.2, 0.25) is 0 Å². The molecule has 1 aliphatic heterocycles. The first-order valence-corrected chi connectivity index (χ1v) is 10.6. The molecule has 5 rings (SSSR count). The molecular weight excluding hydrogens is 380 g/mol. The first kappa shape index (κ1) is 16.2. The maximum absolute atomic E-state index is 6.78. The lowest BCUT2D eigenvalue weighted by Crippen LogP contribution is -2.37. The third-order valence-electron chi connectivity index (χ3n) is 4.94. The Morgan fingerprint density at radius 1 is 0.962 bits per heavy atom. The van der Waals surface area contributed by atoms with Crippen LogP contribution >= 0.6 is 34.7 Å². The lowest BCUT2D eigenvalue weighted by molar-refractivity contribution is 0.508. The Morgan fingerprint density at radius 3 is 2.58 bits per heavy atom. The van der Waals surface area contributed by atoms with Crippen molar-refractivity contribution >= 4 is 34.7 Å². The van der Waals surface area contributed by atoms with Gasteiger partial charge in [-0.2, -0.15) is 0 Å². The minimum atomic E-state index is -0.524. The van der Waals surface area contributed by atoms with Gasteiger partial charge in [-0.05, 0) is 28.6 Å². The largest absolute Gasteiger partial charge is 0.319 e. The average Bonchev–Trinajstić information content (AvgIpc) is 3.34. The number of thiophene rings is 1. The summed E-state index contributed by atoms with van der Waals surface area (Å²) in [6, 6.07) is 19.1. The van der Waals surface area contributed by atoms with Crippen LogP contribution in [-0.2, 0) is 11.3 Å². The van der Waals surface area contributed by atoms with Crippen molar-refractivity contribution in [3.05, 3.63) is 106 Å². The Morgan fingerprint density at radius 2 is 1.77 bits per heavy atom. The van der Waals surface area contributed by atoms with Crippen molar-refractivity contribution < 1.29 is 0 Å². The first-order valence-electron chi connectivity index (χ1n) is 8.34. The molecule has 0 fully saturated rings. The number of hydrogen-bond acceptors (Lipinski definition) is 3. The van der Waals surface area contributed by atoms with Crippen molar-refractivity contribution in [1.29, 1.82) is 0 Å². The summed E-state index contributed by atoms with van der Waals surface area (Å²) >= 11 is 10.5. The summed E-state index contributed by atoms with van der Waals surface area (Å²) in [6.07, 6.45) is 5.78. The summed E-state index contributed by atoms with van der Waals surface area (Å²) in [5, 5.41) is 2.94. The third-order valence-corrected chi connectivity index (χ3v) is 7.56. The van der Waals surface area contributed by atoms with E-state index in [1.807, 2.05) is 42.6 Å². The summed E-state index contributed by atoms with van der Waals surface area (Å²) < 4.78 is 3.53. The van der Waals surface area contributed by atoms with Crippen LogP contribution < -0.4 is 0 Å². The van der Waals surface area contributed by atoms with Gasteiger partial charge in [-0.1, -0.05) is 54.1 Å². The fraction of sp³-hybridized carbons (Fsp3) is 0.0952. The van der Waals surface area contributed by atoms with E-state index in [1.165, 1.54) is 20.9 Å². The minimum Gasteiger partial charge on any atom is -0.319 e. The van der Waals surface area contributed by atoms with Crippen LogP contribution in [0.5, 0.6) is 0 Å². The third kappa shape index (κ3) is 2.22. The SMILES string of the molecule is Clc1ccccc1C1(n2ccnc2)c2ccccc2CSc2sccc21. The topological polar surface area (TPSA) is 17.8 Å². The highest BCUT2D eigenvalue weighted by molar-refractivity contribution is 8.00. The number of imidazole rings is 1. The van der Waals surface area contributed by atoms with Crippen LogP contribution in [0.1, 0.15) is 22.3 Å². The Hall–Kier alpha value is -2.01. The number of aromatic nitrogens is 2. The van der Waals surface area contributed by atoms with Crippen molar-refractivity contribution in [3.63, 3.8) is 0 Å². The van der Waals surface area contributed by atoms with Crippen molar-refractivity contribution in [2.24, 2.45) is 0 Å². The number of fused-ring (bicyclic) bond motifs is 2. The van der Waals surface area contributed by atoms with Gasteiger partial charge >= 0.3 is 0 Å². The highest BCUT2D eigenvalue weighted by atomic mass is 35.5. The normalized spacial score (nSPS) is 18.8. The lowest BCUT2D eigenvalue weighted by atomic mass is 9.76. The van der Waals surface area contributed by atoms with Crippen LogP contribution in [0.4, 0.5) is 0 Å². The Bertz CT molecular complexity index is 1070. The molecular formula is C21H15ClN2S2. The molecule has 1 aliphatic rings. The van der Waals surface area contributed by atoms with E-state index in [2.05, 4.69) is 57.4 Å². The maximum Gasteiger partial charge on any atom is 0.125 e. The van der Waals surface area contributed by atoms with E-state index < -0.39 is 5.54 Å². The fourth-order valence-corrected chi connectivity index (χ4v) is 6.35. The first-order chi connectivity index (χ1) is 12.8. The number of nitrogens with zero attached hydrogens (tertiary/aromatic N) is 2. The van der Waals surface area contributed by atoms with E-state index in [1.54, 1.807) is 11.3 Å². The van der Waals surface area contributed by atoms with Gasteiger partial charge in [0.1, 0.15) is 5.54 Å². The second-order valence-corrected chi connectivity index (χ2v) is 8.80. The molecule has 0 bridgehead atoms. The number of thioether (sulfide) groups is 1. The molecule has 1 atom stereocenters. The molecule has 0 saturated carbocycles. The Labute approximate surface area is 165 Å². The molecule has 0 radical (unpaired) electrons. The number of hydrogen-bond donors (Lipinski definition) is 0. The van der Waals surface area contributed by atoms with Gasteiger partial charge < -0.3 is 4.57 Å². The molecule has 26 heavy (non-hydrogen) atoms. The second kappa shape index (κ2) is 6.31. The highest BCUT2D eigenvalue weighted by Gasteiger charge is 2.44. The second-order valence-electron chi connectivity index (χ2n) is 6.23. The predicted molar refractivity (Wildman–Crippen MR) is 109 cm³/mol. The van der Waals surface area contributed by atoms with E-state index >= 15 is 0 Å². The monoisotopic (exact) mass is 394 g/mol. The van der Waals surface area contributed by atoms with E-state index in [0.29, 0.717) is 0 Å². The van der Waals surface area contributed by atoms with E-state index in [4.69, 9.17) is 11.6 Å². The predicted octanol–water partition coefficient (Wildman–Crippen LogP) is 6.04. The Kier molecular flexibility index (Phi) is 3.92. The molecule has 0 saturated heterocycles. The standard InChI is InChI=1S/C21H15ClN2S2/c22-19-8-4-3-7-17(19)21(24-11-10-23-14-24)16-6-2-1-5-15(16)13-26-20-18(21)9-12-25-20/h1-12,14H,13H2. The molecule has 0 N–H and O–H groups in total. The van der Waals surface area contributed by atoms with Gasteiger partial charge in [-0.25, -0.2) is 4.98 Å². The highest BCUT2D eigenvalue weighted by Crippen LogP contribution is 2.52. The van der Waals surface area contributed by atoms with Crippen LogP contribution in [0.25, 0.3) is 0 Å². The molecule has 2 aromatic heterocycles. The van der Waals surface area contributed by atoms with Gasteiger partial charge in [0.05, 0.1) is 10.5 Å². The number of rotatable bonds is 2. The van der Waals surface area contributed by atoms with Crippen molar-refractivity contribution in [1.82, 2.24) is 9.55 Å². The smallest absolute Gasteiger partial charge is 0.125 e. The van der Waals surface area contributed by atoms with E-state index in [0.717, 1.165) is 16.3 Å². The lowest BCUT2D eigenvalue weighted by Gasteiger charge is -2.37. The molecule has 2 aromatic carbocycles. The van der Waals surface area contributed by atoms with Crippen LogP contribution in [0.3, 0.4) is 0 Å². The van der Waals surface area contributed by atoms with E-state index in [-0.39, 0.29) is 0 Å². The van der Waals surface area contributed by atoms with Crippen LogP contribution in [0.2, 0.25) is 5.02 Å². The zero-order valence-corrected chi connectivity index (χ0v) is 16.2. The molecule has 128 valence electrons. The molecule has 2 nitrogen and oxygen atoms in total. The van der Waals surface area contributed by atoms with Gasteiger partial charge in [-0.15, -0.1) is 23.1 Å². The van der Waals surface area contributed by atoms with Gasteiger partial charge in [0, 0.05) is 34.3 Å². The molecule has 5 heteroatoms. The summed E-state index contributed by atoms with van der Waals surface area (Å²) in [6.45, 7) is 0.